The number of aryl methyl sites for hydroxylation is 1. The van der Waals surface area contributed by atoms with Crippen LogP contribution in [0.25, 0.3) is 11.0 Å². The summed E-state index contributed by atoms with van der Waals surface area (Å²) in [4.78, 5) is 28.4. The van der Waals surface area contributed by atoms with Crippen LogP contribution in [0.4, 0.5) is 0 Å². The average molecular weight is 344 g/mol. The molecule has 0 aliphatic heterocycles. The van der Waals surface area contributed by atoms with Gasteiger partial charge in [-0.05, 0) is 45.6 Å². The van der Waals surface area contributed by atoms with Gasteiger partial charge >= 0.3 is 5.97 Å². The van der Waals surface area contributed by atoms with Gasteiger partial charge in [0.25, 0.3) is 5.91 Å². The Balaban J connectivity index is 1.87. The largest absolute Gasteiger partial charge is 0.481 e. The highest BCUT2D eigenvalue weighted by molar-refractivity contribution is 6.05. The van der Waals surface area contributed by atoms with Crippen LogP contribution in [0.3, 0.4) is 0 Å². The molecule has 1 saturated carbocycles. The molecular weight excluding hydrogens is 320 g/mol. The third-order valence-electron chi connectivity index (χ3n) is 5.06. The molecule has 0 radical (unpaired) electrons. The fraction of sp³-hybridized carbons (Fsp3) is 0.556. The molecule has 7 nitrogen and oxygen atoms in total. The van der Waals surface area contributed by atoms with Crippen LogP contribution in [-0.2, 0) is 4.79 Å². The molecule has 134 valence electrons. The summed E-state index contributed by atoms with van der Waals surface area (Å²) in [5.41, 5.74) is 2.03. The second-order valence-corrected chi connectivity index (χ2v) is 6.91. The predicted molar refractivity (Wildman–Crippen MR) is 93.5 cm³/mol. The summed E-state index contributed by atoms with van der Waals surface area (Å²) in [5.74, 6) is -1.33. The molecule has 1 aliphatic carbocycles. The molecule has 2 aromatic rings. The SMILES string of the molecule is CCC(C)n1ncc2c(C(=O)N[C@H]3CC[C@@H](C(=O)O)C3)cc(C)nc21. The number of nitrogens with zero attached hydrogens (tertiary/aromatic N) is 3. The Morgan fingerprint density at radius 2 is 2.20 bits per heavy atom. The van der Waals surface area contributed by atoms with E-state index in [-0.39, 0.29) is 23.9 Å². The Labute approximate surface area is 146 Å². The van der Waals surface area contributed by atoms with Crippen molar-refractivity contribution in [1.82, 2.24) is 20.1 Å². The van der Waals surface area contributed by atoms with Gasteiger partial charge in [0.1, 0.15) is 0 Å². The molecule has 3 atom stereocenters. The Morgan fingerprint density at radius 1 is 1.44 bits per heavy atom. The topological polar surface area (TPSA) is 97.1 Å². The summed E-state index contributed by atoms with van der Waals surface area (Å²) in [7, 11) is 0. The molecule has 0 aromatic carbocycles. The van der Waals surface area contributed by atoms with Gasteiger partial charge in [-0.2, -0.15) is 5.10 Å². The van der Waals surface area contributed by atoms with Crippen molar-refractivity contribution >= 4 is 22.9 Å². The molecule has 25 heavy (non-hydrogen) atoms. The number of aliphatic carboxylic acids is 1. The van der Waals surface area contributed by atoms with Crippen molar-refractivity contribution in [3.8, 4) is 0 Å². The highest BCUT2D eigenvalue weighted by Gasteiger charge is 2.31. The number of carbonyl (C=O) groups excluding carboxylic acids is 1. The number of hydrogen-bond acceptors (Lipinski definition) is 4. The van der Waals surface area contributed by atoms with E-state index in [9.17, 15) is 9.59 Å². The van der Waals surface area contributed by atoms with Crippen LogP contribution in [0.5, 0.6) is 0 Å². The summed E-state index contributed by atoms with van der Waals surface area (Å²) in [6.07, 6.45) is 4.41. The van der Waals surface area contributed by atoms with Crippen LogP contribution >= 0.6 is 0 Å². The van der Waals surface area contributed by atoms with Gasteiger partial charge in [-0.15, -0.1) is 0 Å². The van der Waals surface area contributed by atoms with Gasteiger partial charge in [0.15, 0.2) is 5.65 Å². The first kappa shape index (κ1) is 17.4. The maximum atomic E-state index is 12.8. The number of fused-ring (bicyclic) bond motifs is 1. The Kier molecular flexibility index (Phi) is 4.74. The minimum atomic E-state index is -0.784. The molecule has 2 heterocycles. The van der Waals surface area contributed by atoms with E-state index < -0.39 is 5.97 Å². The first-order valence-electron chi connectivity index (χ1n) is 8.79. The fourth-order valence-electron chi connectivity index (χ4n) is 3.43. The van der Waals surface area contributed by atoms with Gasteiger partial charge in [-0.3, -0.25) is 9.59 Å². The second kappa shape index (κ2) is 6.82. The number of carbonyl (C=O) groups is 2. The minimum Gasteiger partial charge on any atom is -0.481 e. The first-order valence-corrected chi connectivity index (χ1v) is 8.79. The molecule has 1 fully saturated rings. The number of rotatable bonds is 5. The summed E-state index contributed by atoms with van der Waals surface area (Å²) < 4.78 is 1.86. The lowest BCUT2D eigenvalue weighted by molar-refractivity contribution is -0.141. The minimum absolute atomic E-state index is 0.0956. The van der Waals surface area contributed by atoms with Crippen LogP contribution in [0, 0.1) is 12.8 Å². The van der Waals surface area contributed by atoms with Gasteiger partial charge in [0.05, 0.1) is 29.1 Å². The molecule has 1 unspecified atom stereocenters. The smallest absolute Gasteiger partial charge is 0.306 e. The monoisotopic (exact) mass is 344 g/mol. The van der Waals surface area contributed by atoms with Crippen molar-refractivity contribution < 1.29 is 14.7 Å². The van der Waals surface area contributed by atoms with Crippen LogP contribution in [0.15, 0.2) is 12.3 Å². The van der Waals surface area contributed by atoms with Gasteiger partial charge < -0.3 is 10.4 Å². The normalized spacial score (nSPS) is 21.4. The fourth-order valence-corrected chi connectivity index (χ4v) is 3.43. The van der Waals surface area contributed by atoms with E-state index in [1.165, 1.54) is 0 Å². The van der Waals surface area contributed by atoms with Crippen molar-refractivity contribution in [1.29, 1.82) is 0 Å². The van der Waals surface area contributed by atoms with E-state index in [0.29, 0.717) is 30.5 Å². The summed E-state index contributed by atoms with van der Waals surface area (Å²) in [5, 5.41) is 17.2. The molecule has 7 heteroatoms. The quantitative estimate of drug-likeness (QED) is 0.869. The second-order valence-electron chi connectivity index (χ2n) is 6.91. The third-order valence-corrected chi connectivity index (χ3v) is 5.06. The molecule has 0 bridgehead atoms. The van der Waals surface area contributed by atoms with Gasteiger partial charge in [0, 0.05) is 11.7 Å². The van der Waals surface area contributed by atoms with Crippen LogP contribution in [0.1, 0.15) is 61.6 Å². The molecule has 2 N–H and O–H groups in total. The lowest BCUT2D eigenvalue weighted by Crippen LogP contribution is -2.33. The zero-order valence-corrected chi connectivity index (χ0v) is 14.8. The van der Waals surface area contributed by atoms with Gasteiger partial charge in [0.2, 0.25) is 0 Å². The number of aromatic nitrogens is 3. The summed E-state index contributed by atoms with van der Waals surface area (Å²) in [6.45, 7) is 6.02. The molecule has 2 aromatic heterocycles. The lowest BCUT2D eigenvalue weighted by Gasteiger charge is -2.14. The Hall–Kier alpha value is -2.44. The third kappa shape index (κ3) is 3.36. The average Bonchev–Trinajstić information content (AvgIpc) is 3.20. The van der Waals surface area contributed by atoms with E-state index in [4.69, 9.17) is 5.11 Å². The number of nitrogens with one attached hydrogen (secondary N) is 1. The van der Waals surface area contributed by atoms with Crippen LogP contribution in [-0.4, -0.2) is 37.8 Å². The van der Waals surface area contributed by atoms with Crippen molar-refractivity contribution in [2.45, 2.75) is 58.5 Å². The van der Waals surface area contributed by atoms with Crippen LogP contribution < -0.4 is 5.32 Å². The van der Waals surface area contributed by atoms with Gasteiger partial charge in [-0.1, -0.05) is 6.92 Å². The van der Waals surface area contributed by atoms with Crippen molar-refractivity contribution in [3.05, 3.63) is 23.5 Å². The van der Waals surface area contributed by atoms with Gasteiger partial charge in [-0.25, -0.2) is 9.67 Å². The highest BCUT2D eigenvalue weighted by Crippen LogP contribution is 2.27. The lowest BCUT2D eigenvalue weighted by atomic mass is 10.1. The molecule has 1 amide bonds. The first-order chi connectivity index (χ1) is 11.9. The van der Waals surface area contributed by atoms with E-state index in [1.54, 1.807) is 12.3 Å². The Morgan fingerprint density at radius 3 is 2.84 bits per heavy atom. The number of hydrogen-bond donors (Lipinski definition) is 2. The number of carboxylic acids is 1. The van der Waals surface area contributed by atoms with E-state index >= 15 is 0 Å². The maximum Gasteiger partial charge on any atom is 0.306 e. The number of amides is 1. The van der Waals surface area contributed by atoms with Crippen molar-refractivity contribution in [2.75, 3.05) is 0 Å². The summed E-state index contributed by atoms with van der Waals surface area (Å²) in [6, 6.07) is 1.87. The molecule has 3 rings (SSSR count). The van der Waals surface area contributed by atoms with E-state index in [1.807, 2.05) is 11.6 Å². The van der Waals surface area contributed by atoms with E-state index in [0.717, 1.165) is 17.5 Å². The predicted octanol–water partition coefficient (Wildman–Crippen LogP) is 2.69. The zero-order valence-electron chi connectivity index (χ0n) is 14.8. The Bertz CT molecular complexity index is 814. The summed E-state index contributed by atoms with van der Waals surface area (Å²) >= 11 is 0. The van der Waals surface area contributed by atoms with Crippen molar-refractivity contribution in [2.24, 2.45) is 5.92 Å². The van der Waals surface area contributed by atoms with Crippen LogP contribution in [0.2, 0.25) is 0 Å². The molecular formula is C18H24N4O3. The number of pyridine rings is 1. The molecule has 0 spiro atoms. The van der Waals surface area contributed by atoms with Crippen molar-refractivity contribution in [3.63, 3.8) is 0 Å². The highest BCUT2D eigenvalue weighted by atomic mass is 16.4. The zero-order chi connectivity index (χ0) is 18.1. The number of carboxylic acid groups (broad SMARTS) is 1. The maximum absolute atomic E-state index is 12.8. The molecule has 1 aliphatic rings. The molecule has 0 saturated heterocycles. The standard InChI is InChI=1S/C18H24N4O3/c1-4-11(3)22-16-15(9-19-22)14(7-10(2)20-16)17(23)21-13-6-5-12(8-13)18(24)25/h7,9,11-13H,4-6,8H2,1-3H3,(H,21,23)(H,24,25)/t11?,12-,13+/m1/s1. The van der Waals surface area contributed by atoms with E-state index in [2.05, 4.69) is 29.2 Å².